The summed E-state index contributed by atoms with van der Waals surface area (Å²) in [6, 6.07) is 9.88. The van der Waals surface area contributed by atoms with Gasteiger partial charge in [-0.25, -0.2) is 4.99 Å². The number of para-hydroxylation sites is 1. The predicted octanol–water partition coefficient (Wildman–Crippen LogP) is 8.32. The van der Waals surface area contributed by atoms with Crippen LogP contribution in [0.4, 0.5) is 26.3 Å². The molecule has 4 rings (SSSR count). The van der Waals surface area contributed by atoms with Gasteiger partial charge in [-0.3, -0.25) is 4.99 Å². The van der Waals surface area contributed by atoms with Crippen LogP contribution >= 0.6 is 0 Å². The number of benzene rings is 2. The van der Waals surface area contributed by atoms with E-state index in [9.17, 15) is 26.3 Å². The number of fused-ring (bicyclic) bond motifs is 1. The fourth-order valence-electron chi connectivity index (χ4n) is 4.92. The average Bonchev–Trinajstić information content (AvgIpc) is 3.04. The van der Waals surface area contributed by atoms with Crippen LogP contribution in [0.25, 0.3) is 0 Å². The summed E-state index contributed by atoms with van der Waals surface area (Å²) in [5.41, 5.74) is 0.306. The van der Waals surface area contributed by atoms with Gasteiger partial charge in [-0.15, -0.1) is 0 Å². The van der Waals surface area contributed by atoms with Crippen molar-refractivity contribution in [2.45, 2.75) is 51.9 Å². The molecule has 2 aromatic carbocycles. The molecule has 2 aliphatic heterocycles. The number of hydrogen-bond donors (Lipinski definition) is 0. The highest BCUT2D eigenvalue weighted by molar-refractivity contribution is 6.05. The smallest absolute Gasteiger partial charge is 0.433 e. The quantitative estimate of drug-likeness (QED) is 0.360. The normalized spacial score (nSPS) is 20.8. The van der Waals surface area contributed by atoms with Crippen molar-refractivity contribution in [1.29, 1.82) is 0 Å². The molecule has 4 nitrogen and oxygen atoms in total. The van der Waals surface area contributed by atoms with Gasteiger partial charge in [0.1, 0.15) is 17.2 Å². The van der Waals surface area contributed by atoms with Gasteiger partial charge in [-0.05, 0) is 74.4 Å². The summed E-state index contributed by atoms with van der Waals surface area (Å²) in [6.07, 6.45) is -8.21. The molecule has 0 aliphatic carbocycles. The number of methoxy groups -OCH3 is 2. The van der Waals surface area contributed by atoms with Crippen molar-refractivity contribution in [2.24, 2.45) is 15.9 Å². The lowest BCUT2D eigenvalue weighted by Crippen LogP contribution is -2.20. The van der Waals surface area contributed by atoms with Crippen LogP contribution in [-0.2, 0) is 6.18 Å². The van der Waals surface area contributed by atoms with Crippen LogP contribution in [0.15, 0.2) is 75.0 Å². The molecule has 0 bridgehead atoms. The molecule has 1 atom stereocenters. The summed E-state index contributed by atoms with van der Waals surface area (Å²) < 4.78 is 94.4. The first-order chi connectivity index (χ1) is 18.3. The first-order valence-corrected chi connectivity index (χ1v) is 12.4. The van der Waals surface area contributed by atoms with Crippen LogP contribution in [0.1, 0.15) is 56.2 Å². The van der Waals surface area contributed by atoms with Gasteiger partial charge in [-0.1, -0.05) is 19.1 Å². The van der Waals surface area contributed by atoms with Crippen molar-refractivity contribution in [2.75, 3.05) is 14.2 Å². The highest BCUT2D eigenvalue weighted by Crippen LogP contribution is 2.43. The van der Waals surface area contributed by atoms with Gasteiger partial charge in [0, 0.05) is 16.7 Å². The zero-order valence-corrected chi connectivity index (χ0v) is 21.9. The summed E-state index contributed by atoms with van der Waals surface area (Å²) >= 11 is 0. The molecule has 0 amide bonds. The molecule has 1 unspecified atom stereocenters. The maximum atomic E-state index is 14.6. The van der Waals surface area contributed by atoms with Gasteiger partial charge in [0.25, 0.3) is 0 Å². The standard InChI is InChI=1S/C29H28F6N2O2/c1-16-9-13-21(20-12-11-18(28(30,31)32)15-24(20)39-4)36-26-17(2)10-14-22(19-7-5-6-8-23(19)38-3)37-27(25(16)26)29(33,34)35/h5-8,11-12,15-16H,9-10,13-14H2,1-4H3/b26-17?,27-25-,37-22?. The fourth-order valence-corrected chi connectivity index (χ4v) is 4.92. The molecule has 0 spiro atoms. The second kappa shape index (κ2) is 10.9. The molecule has 0 saturated heterocycles. The zero-order chi connectivity index (χ0) is 28.5. The van der Waals surface area contributed by atoms with Gasteiger partial charge in [0.15, 0.2) is 0 Å². The molecule has 0 radical (unpaired) electrons. The van der Waals surface area contributed by atoms with E-state index in [2.05, 4.69) is 9.98 Å². The molecule has 10 heteroatoms. The van der Waals surface area contributed by atoms with E-state index < -0.39 is 29.5 Å². The summed E-state index contributed by atoms with van der Waals surface area (Å²) in [4.78, 5) is 8.88. The third-order valence-electron chi connectivity index (χ3n) is 6.98. The molecule has 0 saturated carbocycles. The van der Waals surface area contributed by atoms with Crippen LogP contribution in [-0.4, -0.2) is 31.8 Å². The van der Waals surface area contributed by atoms with Crippen LogP contribution in [0.5, 0.6) is 11.5 Å². The maximum absolute atomic E-state index is 14.6. The minimum absolute atomic E-state index is 0.0204. The Labute approximate surface area is 222 Å². The van der Waals surface area contributed by atoms with Crippen molar-refractivity contribution >= 4 is 11.4 Å². The van der Waals surface area contributed by atoms with E-state index in [0.717, 1.165) is 12.1 Å². The van der Waals surface area contributed by atoms with Crippen LogP contribution < -0.4 is 9.47 Å². The summed E-state index contributed by atoms with van der Waals surface area (Å²) in [5, 5.41) is 0. The maximum Gasteiger partial charge on any atom is 0.433 e. The Balaban J connectivity index is 1.94. The highest BCUT2D eigenvalue weighted by Gasteiger charge is 2.41. The molecular weight excluding hydrogens is 522 g/mol. The number of allylic oxidation sites excluding steroid dienone is 3. The van der Waals surface area contributed by atoms with Crippen LogP contribution in [0.2, 0.25) is 0 Å². The number of aliphatic imine (C=N–C) groups is 2. The second-order valence-electron chi connectivity index (χ2n) is 9.56. The van der Waals surface area contributed by atoms with E-state index in [4.69, 9.17) is 9.47 Å². The molecule has 2 heterocycles. The van der Waals surface area contributed by atoms with E-state index in [1.54, 1.807) is 38.1 Å². The minimum Gasteiger partial charge on any atom is -0.496 e. The number of ether oxygens (including phenoxy) is 2. The monoisotopic (exact) mass is 550 g/mol. The van der Waals surface area contributed by atoms with Crippen molar-refractivity contribution in [3.63, 3.8) is 0 Å². The van der Waals surface area contributed by atoms with E-state index in [1.807, 2.05) is 0 Å². The van der Waals surface area contributed by atoms with Gasteiger partial charge < -0.3 is 9.47 Å². The SMILES string of the molecule is COc1cc(C(F)(F)F)ccc1C1=NC2=C(C)CCC(c3ccccc3OC)=N/C(C(F)(F)F)=C\2C(C)CC1. The second-order valence-corrected chi connectivity index (χ2v) is 9.56. The molecule has 2 aliphatic rings. The fraction of sp³-hybridized carbons (Fsp3) is 0.379. The number of alkyl halides is 6. The number of halogens is 6. The Kier molecular flexibility index (Phi) is 7.95. The molecule has 0 N–H and O–H groups in total. The summed E-state index contributed by atoms with van der Waals surface area (Å²) in [7, 11) is 2.70. The topological polar surface area (TPSA) is 43.2 Å². The van der Waals surface area contributed by atoms with E-state index in [-0.39, 0.29) is 42.0 Å². The molecule has 0 aromatic heterocycles. The predicted molar refractivity (Wildman–Crippen MR) is 137 cm³/mol. The van der Waals surface area contributed by atoms with Crippen molar-refractivity contribution < 1.29 is 35.8 Å². The Morgan fingerprint density at radius 3 is 2.05 bits per heavy atom. The highest BCUT2D eigenvalue weighted by atomic mass is 19.4. The van der Waals surface area contributed by atoms with Crippen LogP contribution in [0, 0.1) is 5.92 Å². The largest absolute Gasteiger partial charge is 0.496 e. The number of rotatable bonds is 4. The first kappa shape index (κ1) is 28.4. The Bertz CT molecular complexity index is 1380. The lowest BCUT2D eigenvalue weighted by molar-refractivity contribution is -0.137. The van der Waals surface area contributed by atoms with E-state index >= 15 is 0 Å². The third-order valence-corrected chi connectivity index (χ3v) is 6.98. The van der Waals surface area contributed by atoms with Crippen molar-refractivity contribution in [1.82, 2.24) is 0 Å². The zero-order valence-electron chi connectivity index (χ0n) is 21.9. The molecule has 0 fully saturated rings. The number of nitrogens with zero attached hydrogens (tertiary/aromatic N) is 2. The van der Waals surface area contributed by atoms with E-state index in [0.29, 0.717) is 34.6 Å². The van der Waals surface area contributed by atoms with Crippen LogP contribution in [0.3, 0.4) is 0 Å². The molecule has 39 heavy (non-hydrogen) atoms. The molecular formula is C29H28F6N2O2. The lowest BCUT2D eigenvalue weighted by atomic mass is 9.88. The molecule has 2 aromatic rings. The Morgan fingerprint density at radius 1 is 0.769 bits per heavy atom. The molecule has 208 valence electrons. The summed E-state index contributed by atoms with van der Waals surface area (Å²) in [6.45, 7) is 3.42. The van der Waals surface area contributed by atoms with Gasteiger partial charge in [0.05, 0.1) is 36.9 Å². The Hall–Kier alpha value is -3.56. The van der Waals surface area contributed by atoms with Gasteiger partial charge in [0.2, 0.25) is 0 Å². The third kappa shape index (κ3) is 5.89. The summed E-state index contributed by atoms with van der Waals surface area (Å²) in [5.74, 6) is -0.192. The average molecular weight is 551 g/mol. The van der Waals surface area contributed by atoms with E-state index in [1.165, 1.54) is 20.3 Å². The first-order valence-electron chi connectivity index (χ1n) is 12.4. The number of hydrogen-bond acceptors (Lipinski definition) is 4. The minimum atomic E-state index is -4.77. The van der Waals surface area contributed by atoms with Gasteiger partial charge in [-0.2, -0.15) is 26.3 Å². The van der Waals surface area contributed by atoms with Crippen molar-refractivity contribution in [3.8, 4) is 11.5 Å². The lowest BCUT2D eigenvalue weighted by Gasteiger charge is -2.24. The Morgan fingerprint density at radius 2 is 1.41 bits per heavy atom. The van der Waals surface area contributed by atoms with Gasteiger partial charge >= 0.3 is 12.4 Å². The van der Waals surface area contributed by atoms with Crippen molar-refractivity contribution in [3.05, 3.63) is 81.7 Å².